The molecule has 2 amide bonds. The summed E-state index contributed by atoms with van der Waals surface area (Å²) >= 11 is 1.38. The van der Waals surface area contributed by atoms with Gasteiger partial charge >= 0.3 is 0 Å². The minimum Gasteiger partial charge on any atom is -0.342 e. The number of para-hydroxylation sites is 1. The zero-order valence-corrected chi connectivity index (χ0v) is 18.1. The summed E-state index contributed by atoms with van der Waals surface area (Å²) in [5.74, 6) is -0.0618. The van der Waals surface area contributed by atoms with Crippen molar-refractivity contribution in [2.24, 2.45) is 0 Å². The van der Waals surface area contributed by atoms with Crippen molar-refractivity contribution in [2.45, 2.75) is 18.8 Å². The summed E-state index contributed by atoms with van der Waals surface area (Å²) in [6.07, 6.45) is 4.46. The third kappa shape index (κ3) is 4.22. The average Bonchev–Trinajstić information content (AvgIpc) is 3.51. The molecule has 1 aliphatic heterocycles. The van der Waals surface area contributed by atoms with Crippen LogP contribution in [0.15, 0.2) is 66.3 Å². The van der Waals surface area contributed by atoms with Gasteiger partial charge in [0.2, 0.25) is 5.91 Å². The maximum absolute atomic E-state index is 13.0. The number of nitrogens with zero attached hydrogens (tertiary/aromatic N) is 4. The molecule has 0 spiro atoms. The fraction of sp³-hybridized carbons (Fsp3) is 0.208. The zero-order valence-electron chi connectivity index (χ0n) is 17.3. The number of likely N-dealkylation sites (tertiary alicyclic amines) is 1. The number of benzene rings is 1. The highest BCUT2D eigenvalue weighted by molar-refractivity contribution is 7.13. The van der Waals surface area contributed by atoms with Crippen LogP contribution in [0, 0.1) is 0 Å². The lowest BCUT2D eigenvalue weighted by Gasteiger charge is -2.17. The van der Waals surface area contributed by atoms with E-state index in [4.69, 9.17) is 4.98 Å². The van der Waals surface area contributed by atoms with Crippen LogP contribution in [0.1, 0.15) is 34.1 Å². The van der Waals surface area contributed by atoms with E-state index in [1.807, 2.05) is 58.8 Å². The van der Waals surface area contributed by atoms with E-state index in [9.17, 15) is 9.59 Å². The molecular formula is C24H21N5O2S. The molecule has 1 fully saturated rings. The molecule has 0 aliphatic carbocycles. The van der Waals surface area contributed by atoms with Gasteiger partial charge in [-0.25, -0.2) is 4.98 Å². The molecule has 0 bridgehead atoms. The van der Waals surface area contributed by atoms with Gasteiger partial charge in [0, 0.05) is 53.6 Å². The van der Waals surface area contributed by atoms with E-state index in [1.165, 1.54) is 11.3 Å². The first-order valence-corrected chi connectivity index (χ1v) is 11.3. The number of amides is 2. The van der Waals surface area contributed by atoms with Crippen LogP contribution in [-0.2, 0) is 11.2 Å². The molecule has 0 radical (unpaired) electrons. The molecule has 8 heteroatoms. The third-order valence-corrected chi connectivity index (χ3v) is 6.34. The number of fused-ring (bicyclic) bond motifs is 1. The van der Waals surface area contributed by atoms with Crippen LogP contribution in [0.4, 0.5) is 5.13 Å². The van der Waals surface area contributed by atoms with Gasteiger partial charge in [-0.3, -0.25) is 24.9 Å². The second kappa shape index (κ2) is 8.84. The molecule has 1 aliphatic rings. The first-order valence-electron chi connectivity index (χ1n) is 10.5. The number of carbonyl (C=O) groups excluding carboxylic acids is 2. The molecule has 4 heterocycles. The van der Waals surface area contributed by atoms with Crippen LogP contribution in [-0.4, -0.2) is 44.8 Å². The van der Waals surface area contributed by atoms with Gasteiger partial charge < -0.3 is 4.90 Å². The van der Waals surface area contributed by atoms with Crippen molar-refractivity contribution in [2.75, 3.05) is 18.4 Å². The van der Waals surface area contributed by atoms with Crippen molar-refractivity contribution < 1.29 is 9.59 Å². The van der Waals surface area contributed by atoms with E-state index in [2.05, 4.69) is 15.3 Å². The van der Waals surface area contributed by atoms with E-state index in [-0.39, 0.29) is 17.7 Å². The smallest absolute Gasteiger partial charge is 0.258 e. The number of hydrogen-bond acceptors (Lipinski definition) is 6. The third-order valence-electron chi connectivity index (χ3n) is 5.65. The molecule has 1 atom stereocenters. The highest BCUT2D eigenvalue weighted by Crippen LogP contribution is 2.30. The predicted octanol–water partition coefficient (Wildman–Crippen LogP) is 3.90. The van der Waals surface area contributed by atoms with Gasteiger partial charge in [0.15, 0.2) is 5.13 Å². The van der Waals surface area contributed by atoms with Gasteiger partial charge in [-0.15, -0.1) is 11.3 Å². The fourth-order valence-electron chi connectivity index (χ4n) is 4.04. The van der Waals surface area contributed by atoms with Gasteiger partial charge in [-0.1, -0.05) is 24.3 Å². The average molecular weight is 444 g/mol. The van der Waals surface area contributed by atoms with Crippen molar-refractivity contribution >= 4 is 39.2 Å². The monoisotopic (exact) mass is 443 g/mol. The summed E-state index contributed by atoms with van der Waals surface area (Å²) in [6.45, 7) is 1.26. The maximum atomic E-state index is 13.0. The summed E-state index contributed by atoms with van der Waals surface area (Å²) in [5.41, 5.74) is 2.94. The van der Waals surface area contributed by atoms with Crippen LogP contribution in [0.2, 0.25) is 0 Å². The molecule has 0 unspecified atom stereocenters. The topological polar surface area (TPSA) is 88.1 Å². The summed E-state index contributed by atoms with van der Waals surface area (Å²) in [5, 5.41) is 6.05. The number of aromatic nitrogens is 3. The molecule has 3 aromatic heterocycles. The number of carbonyl (C=O) groups is 2. The molecule has 160 valence electrons. The Balaban J connectivity index is 1.38. The second-order valence-corrected chi connectivity index (χ2v) is 8.62. The lowest BCUT2D eigenvalue weighted by molar-refractivity contribution is -0.129. The summed E-state index contributed by atoms with van der Waals surface area (Å²) in [4.78, 5) is 40.9. The lowest BCUT2D eigenvalue weighted by atomic mass is 9.99. The first-order chi connectivity index (χ1) is 15.7. The fourth-order valence-corrected chi connectivity index (χ4v) is 4.56. The van der Waals surface area contributed by atoms with Crippen molar-refractivity contribution in [3.63, 3.8) is 0 Å². The van der Waals surface area contributed by atoms with E-state index in [0.29, 0.717) is 30.2 Å². The highest BCUT2D eigenvalue weighted by Gasteiger charge is 2.29. The molecule has 0 saturated carbocycles. The molecular weight excluding hydrogens is 422 g/mol. The number of thiazole rings is 1. The van der Waals surface area contributed by atoms with E-state index in [1.54, 1.807) is 12.4 Å². The Morgan fingerprint density at radius 3 is 2.78 bits per heavy atom. The molecule has 5 rings (SSSR count). The van der Waals surface area contributed by atoms with Crippen molar-refractivity contribution in [3.05, 3.63) is 83.3 Å². The summed E-state index contributed by atoms with van der Waals surface area (Å²) < 4.78 is 0. The number of hydrogen-bond donors (Lipinski definition) is 1. The van der Waals surface area contributed by atoms with E-state index in [0.717, 1.165) is 28.7 Å². The van der Waals surface area contributed by atoms with Gasteiger partial charge in [0.1, 0.15) is 0 Å². The largest absolute Gasteiger partial charge is 0.342 e. The predicted molar refractivity (Wildman–Crippen MR) is 124 cm³/mol. The Morgan fingerprint density at radius 2 is 1.97 bits per heavy atom. The Labute approximate surface area is 189 Å². The first kappa shape index (κ1) is 20.3. The number of rotatable bonds is 5. The normalized spacial score (nSPS) is 15.8. The number of anilines is 1. The van der Waals surface area contributed by atoms with Gasteiger partial charge in [-0.05, 0) is 30.7 Å². The molecule has 1 N–H and O–H groups in total. The van der Waals surface area contributed by atoms with Crippen LogP contribution in [0.5, 0.6) is 0 Å². The number of pyridine rings is 2. The molecule has 4 aromatic rings. The Kier molecular flexibility index (Phi) is 5.60. The van der Waals surface area contributed by atoms with Crippen molar-refractivity contribution in [1.29, 1.82) is 0 Å². The molecule has 1 saturated heterocycles. The van der Waals surface area contributed by atoms with Crippen LogP contribution >= 0.6 is 11.3 Å². The standard InChI is InChI=1S/C24H21N5O2S/c30-22(13-17-5-3-4-9-25-17)29-11-8-16(15-29)21-14-19(18-6-1-2-7-20(18)27-21)23(31)28-24-26-10-12-32-24/h1-7,9-10,12,14,16H,8,11,13,15H2,(H,26,28,31)/t16-/m1/s1. The summed E-state index contributed by atoms with van der Waals surface area (Å²) in [7, 11) is 0. The number of nitrogens with one attached hydrogen (secondary N) is 1. The molecule has 7 nitrogen and oxygen atoms in total. The molecule has 1 aromatic carbocycles. The van der Waals surface area contributed by atoms with E-state index < -0.39 is 0 Å². The van der Waals surface area contributed by atoms with Crippen LogP contribution in [0.25, 0.3) is 10.9 Å². The summed E-state index contributed by atoms with van der Waals surface area (Å²) in [6, 6.07) is 15.1. The van der Waals surface area contributed by atoms with E-state index >= 15 is 0 Å². The van der Waals surface area contributed by atoms with Crippen molar-refractivity contribution in [1.82, 2.24) is 19.9 Å². The molecule has 32 heavy (non-hydrogen) atoms. The van der Waals surface area contributed by atoms with Gasteiger partial charge in [-0.2, -0.15) is 0 Å². The lowest BCUT2D eigenvalue weighted by Crippen LogP contribution is -2.30. The SMILES string of the molecule is O=C(Nc1nccs1)c1cc([C@@H]2CCN(C(=O)Cc3ccccn3)C2)nc2ccccc12. The van der Waals surface area contributed by atoms with Gasteiger partial charge in [0.25, 0.3) is 5.91 Å². The van der Waals surface area contributed by atoms with Crippen LogP contribution in [0.3, 0.4) is 0 Å². The maximum Gasteiger partial charge on any atom is 0.258 e. The zero-order chi connectivity index (χ0) is 21.9. The van der Waals surface area contributed by atoms with Crippen LogP contribution < -0.4 is 5.32 Å². The minimum atomic E-state index is -0.208. The van der Waals surface area contributed by atoms with Crippen molar-refractivity contribution in [3.8, 4) is 0 Å². The Hall–Kier alpha value is -3.65. The second-order valence-electron chi connectivity index (χ2n) is 7.73. The quantitative estimate of drug-likeness (QED) is 0.505. The van der Waals surface area contributed by atoms with Gasteiger partial charge in [0.05, 0.1) is 17.5 Å². The minimum absolute atomic E-state index is 0.0636. The highest BCUT2D eigenvalue weighted by atomic mass is 32.1. The Bertz CT molecular complexity index is 1260. The Morgan fingerprint density at radius 1 is 1.09 bits per heavy atom.